The van der Waals surface area contributed by atoms with E-state index < -0.39 is 11.8 Å². The molecule has 0 fully saturated rings. The number of carbonyl (C=O) groups is 2. The van der Waals surface area contributed by atoms with Crippen LogP contribution in [0.25, 0.3) is 10.8 Å². The quantitative estimate of drug-likeness (QED) is 0.848. The van der Waals surface area contributed by atoms with Crippen molar-refractivity contribution in [3.63, 3.8) is 0 Å². The highest BCUT2D eigenvalue weighted by molar-refractivity contribution is 6.39. The van der Waals surface area contributed by atoms with Crippen molar-refractivity contribution in [1.29, 1.82) is 0 Å². The van der Waals surface area contributed by atoms with Crippen molar-refractivity contribution >= 4 is 28.3 Å². The van der Waals surface area contributed by atoms with Crippen molar-refractivity contribution in [3.05, 3.63) is 42.5 Å². The number of carbonyl (C=O) groups excluding carboxylic acids is 2. The second-order valence-electron chi connectivity index (χ2n) is 5.45. The fourth-order valence-corrected chi connectivity index (χ4v) is 2.01. The number of amides is 2. The minimum atomic E-state index is -0.631. The molecule has 4 heteroatoms. The van der Waals surface area contributed by atoms with Crippen LogP contribution in [0, 0.1) is 5.92 Å². The Bertz CT molecular complexity index is 650. The molecule has 2 aromatic rings. The zero-order valence-electron chi connectivity index (χ0n) is 12.3. The summed E-state index contributed by atoms with van der Waals surface area (Å²) in [5.74, 6) is -0.730. The van der Waals surface area contributed by atoms with Crippen molar-refractivity contribution in [2.75, 3.05) is 11.9 Å². The van der Waals surface area contributed by atoms with Gasteiger partial charge in [-0.05, 0) is 35.2 Å². The number of nitrogens with one attached hydrogen (secondary N) is 2. The predicted molar refractivity (Wildman–Crippen MR) is 85.0 cm³/mol. The first-order valence-electron chi connectivity index (χ1n) is 7.14. The summed E-state index contributed by atoms with van der Waals surface area (Å²) in [6, 6.07) is 13.4. The molecule has 0 heterocycles. The lowest BCUT2D eigenvalue weighted by atomic mass is 10.1. The van der Waals surface area contributed by atoms with Crippen molar-refractivity contribution in [3.8, 4) is 0 Å². The van der Waals surface area contributed by atoms with Crippen molar-refractivity contribution in [2.24, 2.45) is 5.92 Å². The number of rotatable bonds is 4. The van der Waals surface area contributed by atoms with Gasteiger partial charge in [0.15, 0.2) is 0 Å². The minimum Gasteiger partial charge on any atom is -0.348 e. The average molecular weight is 284 g/mol. The number of benzene rings is 2. The van der Waals surface area contributed by atoms with Gasteiger partial charge in [0.25, 0.3) is 0 Å². The monoisotopic (exact) mass is 284 g/mol. The first kappa shape index (κ1) is 15.0. The molecule has 0 bridgehead atoms. The van der Waals surface area contributed by atoms with E-state index in [1.165, 1.54) is 0 Å². The minimum absolute atomic E-state index is 0.494. The van der Waals surface area contributed by atoms with Gasteiger partial charge in [-0.1, -0.05) is 44.2 Å². The molecule has 4 nitrogen and oxygen atoms in total. The van der Waals surface area contributed by atoms with Crippen LogP contribution < -0.4 is 10.6 Å². The summed E-state index contributed by atoms with van der Waals surface area (Å²) in [5, 5.41) is 7.36. The summed E-state index contributed by atoms with van der Waals surface area (Å²) in [7, 11) is 0. The maximum atomic E-state index is 11.8. The van der Waals surface area contributed by atoms with Crippen molar-refractivity contribution in [1.82, 2.24) is 5.32 Å². The van der Waals surface area contributed by atoms with Crippen molar-refractivity contribution < 1.29 is 9.59 Å². The molecule has 2 amide bonds. The average Bonchev–Trinajstić information content (AvgIpc) is 2.46. The van der Waals surface area contributed by atoms with Gasteiger partial charge in [0, 0.05) is 12.2 Å². The van der Waals surface area contributed by atoms with Gasteiger partial charge in [0.05, 0.1) is 0 Å². The normalized spacial score (nSPS) is 10.6. The third kappa shape index (κ3) is 4.31. The molecular weight excluding hydrogens is 264 g/mol. The van der Waals surface area contributed by atoms with Crippen LogP contribution in [0.4, 0.5) is 5.69 Å². The number of hydrogen-bond acceptors (Lipinski definition) is 2. The van der Waals surface area contributed by atoms with Crippen LogP contribution >= 0.6 is 0 Å². The lowest BCUT2D eigenvalue weighted by Gasteiger charge is -2.08. The fraction of sp³-hybridized carbons (Fsp3) is 0.294. The van der Waals surface area contributed by atoms with E-state index in [0.717, 1.165) is 17.2 Å². The Morgan fingerprint density at radius 2 is 1.71 bits per heavy atom. The molecule has 110 valence electrons. The first-order valence-corrected chi connectivity index (χ1v) is 7.14. The second kappa shape index (κ2) is 6.88. The van der Waals surface area contributed by atoms with Gasteiger partial charge in [0.1, 0.15) is 0 Å². The van der Waals surface area contributed by atoms with E-state index in [1.807, 2.05) is 36.4 Å². The Kier molecular flexibility index (Phi) is 4.93. The highest BCUT2D eigenvalue weighted by Gasteiger charge is 2.13. The Morgan fingerprint density at radius 3 is 2.43 bits per heavy atom. The number of fused-ring (bicyclic) bond motifs is 1. The van der Waals surface area contributed by atoms with E-state index in [4.69, 9.17) is 0 Å². The number of hydrogen-bond donors (Lipinski definition) is 2. The molecule has 0 atom stereocenters. The molecule has 2 rings (SSSR count). The third-order valence-electron chi connectivity index (χ3n) is 3.22. The maximum Gasteiger partial charge on any atom is 0.313 e. The Labute approximate surface area is 124 Å². The zero-order chi connectivity index (χ0) is 15.2. The van der Waals surface area contributed by atoms with Crippen molar-refractivity contribution in [2.45, 2.75) is 20.3 Å². The van der Waals surface area contributed by atoms with Gasteiger partial charge in [-0.3, -0.25) is 9.59 Å². The highest BCUT2D eigenvalue weighted by Crippen LogP contribution is 2.18. The van der Waals surface area contributed by atoms with Gasteiger partial charge >= 0.3 is 11.8 Å². The van der Waals surface area contributed by atoms with Crippen LogP contribution in [0.1, 0.15) is 20.3 Å². The second-order valence-corrected chi connectivity index (χ2v) is 5.45. The van der Waals surface area contributed by atoms with Gasteiger partial charge in [-0.15, -0.1) is 0 Å². The molecule has 2 N–H and O–H groups in total. The molecule has 0 aromatic heterocycles. The molecule has 0 saturated carbocycles. The summed E-state index contributed by atoms with van der Waals surface area (Å²) in [6.45, 7) is 4.66. The maximum absolute atomic E-state index is 11.8. The largest absolute Gasteiger partial charge is 0.348 e. The number of anilines is 1. The molecule has 0 saturated heterocycles. The summed E-state index contributed by atoms with van der Waals surface area (Å²) in [6.07, 6.45) is 0.856. The van der Waals surface area contributed by atoms with E-state index in [2.05, 4.69) is 24.5 Å². The Hall–Kier alpha value is -2.36. The van der Waals surface area contributed by atoms with E-state index in [0.29, 0.717) is 18.2 Å². The zero-order valence-corrected chi connectivity index (χ0v) is 12.3. The first-order chi connectivity index (χ1) is 10.1. The van der Waals surface area contributed by atoms with E-state index in [1.54, 1.807) is 6.07 Å². The molecule has 0 aliphatic heterocycles. The molecule has 0 unspecified atom stereocenters. The van der Waals surface area contributed by atoms with Gasteiger partial charge in [-0.25, -0.2) is 0 Å². The lowest BCUT2D eigenvalue weighted by Crippen LogP contribution is -2.36. The van der Waals surface area contributed by atoms with Crippen LogP contribution in [0.15, 0.2) is 42.5 Å². The van der Waals surface area contributed by atoms with Crippen LogP contribution in [-0.2, 0) is 9.59 Å². The van der Waals surface area contributed by atoms with Crippen LogP contribution in [0.5, 0.6) is 0 Å². The Balaban J connectivity index is 1.95. The molecule has 0 aliphatic rings. The predicted octanol–water partition coefficient (Wildman–Crippen LogP) is 2.94. The third-order valence-corrected chi connectivity index (χ3v) is 3.22. The highest BCUT2D eigenvalue weighted by atomic mass is 16.2. The van der Waals surface area contributed by atoms with Crippen LogP contribution in [-0.4, -0.2) is 18.4 Å². The topological polar surface area (TPSA) is 58.2 Å². The molecule has 2 aromatic carbocycles. The SMILES string of the molecule is CC(C)CCNC(=O)C(=O)Nc1ccc2ccccc2c1. The van der Waals surface area contributed by atoms with Crippen LogP contribution in [0.3, 0.4) is 0 Å². The van der Waals surface area contributed by atoms with E-state index >= 15 is 0 Å². The van der Waals surface area contributed by atoms with E-state index in [-0.39, 0.29) is 0 Å². The lowest BCUT2D eigenvalue weighted by molar-refractivity contribution is -0.136. The molecular formula is C17H20N2O2. The van der Waals surface area contributed by atoms with E-state index in [9.17, 15) is 9.59 Å². The summed E-state index contributed by atoms with van der Waals surface area (Å²) in [5.41, 5.74) is 0.623. The molecule has 21 heavy (non-hydrogen) atoms. The molecule has 0 spiro atoms. The fourth-order valence-electron chi connectivity index (χ4n) is 2.01. The Morgan fingerprint density at radius 1 is 1.00 bits per heavy atom. The summed E-state index contributed by atoms with van der Waals surface area (Å²) >= 11 is 0. The summed E-state index contributed by atoms with van der Waals surface area (Å²) in [4.78, 5) is 23.5. The summed E-state index contributed by atoms with van der Waals surface area (Å²) < 4.78 is 0. The smallest absolute Gasteiger partial charge is 0.313 e. The van der Waals surface area contributed by atoms with Gasteiger partial charge in [-0.2, -0.15) is 0 Å². The standard InChI is InChI=1S/C17H20N2O2/c1-12(2)9-10-18-16(20)17(21)19-15-8-7-13-5-3-4-6-14(13)11-15/h3-8,11-12H,9-10H2,1-2H3,(H,18,20)(H,19,21). The van der Waals surface area contributed by atoms with Crippen LogP contribution in [0.2, 0.25) is 0 Å². The van der Waals surface area contributed by atoms with Gasteiger partial charge in [0.2, 0.25) is 0 Å². The van der Waals surface area contributed by atoms with Gasteiger partial charge < -0.3 is 10.6 Å². The molecule has 0 radical (unpaired) electrons. The molecule has 0 aliphatic carbocycles.